The molecule has 0 spiro atoms. The summed E-state index contributed by atoms with van der Waals surface area (Å²) in [6, 6.07) is -2.10. The average molecular weight is 266 g/mol. The molecule has 7 heteroatoms. The van der Waals surface area contributed by atoms with Crippen LogP contribution in [-0.4, -0.2) is 53.9 Å². The van der Waals surface area contributed by atoms with Crippen LogP contribution in [0.25, 0.3) is 0 Å². The molecule has 104 valence electrons. The SMILES string of the molecule is O=C1CC(N2CCC(CO)C2)CC(C(F)(F)F)N1. The fourth-order valence-electron chi connectivity index (χ4n) is 2.72. The highest BCUT2D eigenvalue weighted by molar-refractivity contribution is 5.78. The third-order valence-electron chi connectivity index (χ3n) is 3.75. The van der Waals surface area contributed by atoms with Crippen LogP contribution in [0.1, 0.15) is 19.3 Å². The van der Waals surface area contributed by atoms with Crippen LogP contribution in [0, 0.1) is 5.92 Å². The number of carbonyl (C=O) groups is 1. The number of rotatable bonds is 2. The number of carbonyl (C=O) groups excluding carboxylic acids is 1. The molecule has 2 saturated heterocycles. The first-order valence-electron chi connectivity index (χ1n) is 6.11. The van der Waals surface area contributed by atoms with E-state index < -0.39 is 18.1 Å². The van der Waals surface area contributed by atoms with Crippen molar-refractivity contribution in [2.24, 2.45) is 5.92 Å². The Balaban J connectivity index is 1.99. The molecule has 2 N–H and O–H groups in total. The van der Waals surface area contributed by atoms with Gasteiger partial charge in [-0.15, -0.1) is 0 Å². The maximum absolute atomic E-state index is 12.6. The molecule has 3 atom stereocenters. The van der Waals surface area contributed by atoms with Crippen LogP contribution in [0.15, 0.2) is 0 Å². The van der Waals surface area contributed by atoms with Gasteiger partial charge in [0.05, 0.1) is 0 Å². The first-order chi connectivity index (χ1) is 8.40. The van der Waals surface area contributed by atoms with Crippen molar-refractivity contribution < 1.29 is 23.1 Å². The normalized spacial score (nSPS) is 34.7. The number of halogens is 3. The van der Waals surface area contributed by atoms with Gasteiger partial charge in [0.15, 0.2) is 0 Å². The smallest absolute Gasteiger partial charge is 0.396 e. The second kappa shape index (κ2) is 5.05. The molecular formula is C11H17F3N2O2. The molecule has 0 aromatic carbocycles. The Hall–Kier alpha value is -0.820. The summed E-state index contributed by atoms with van der Waals surface area (Å²) in [6.07, 6.45) is -3.58. The molecule has 0 radical (unpaired) electrons. The molecule has 2 aliphatic heterocycles. The van der Waals surface area contributed by atoms with E-state index in [-0.39, 0.29) is 31.4 Å². The quantitative estimate of drug-likeness (QED) is 0.765. The lowest BCUT2D eigenvalue weighted by atomic mass is 9.97. The number of hydrogen-bond donors (Lipinski definition) is 2. The Morgan fingerprint density at radius 1 is 1.44 bits per heavy atom. The fraction of sp³-hybridized carbons (Fsp3) is 0.909. The van der Waals surface area contributed by atoms with Crippen molar-refractivity contribution in [1.82, 2.24) is 10.2 Å². The Labute approximate surface area is 103 Å². The summed E-state index contributed by atoms with van der Waals surface area (Å²) in [6.45, 7) is 1.30. The van der Waals surface area contributed by atoms with Gasteiger partial charge >= 0.3 is 6.18 Å². The van der Waals surface area contributed by atoms with Crippen LogP contribution in [0.2, 0.25) is 0 Å². The van der Waals surface area contributed by atoms with E-state index in [0.717, 1.165) is 6.42 Å². The van der Waals surface area contributed by atoms with Gasteiger partial charge in [0, 0.05) is 25.6 Å². The summed E-state index contributed by atoms with van der Waals surface area (Å²) in [5, 5.41) is 11.0. The van der Waals surface area contributed by atoms with Gasteiger partial charge in [-0.2, -0.15) is 13.2 Å². The summed E-state index contributed by atoms with van der Waals surface area (Å²) >= 11 is 0. The fourth-order valence-corrected chi connectivity index (χ4v) is 2.72. The molecule has 2 fully saturated rings. The van der Waals surface area contributed by atoms with Crippen molar-refractivity contribution in [3.8, 4) is 0 Å². The number of aliphatic hydroxyl groups excluding tert-OH is 1. The van der Waals surface area contributed by atoms with Crippen molar-refractivity contribution in [3.63, 3.8) is 0 Å². The van der Waals surface area contributed by atoms with Crippen molar-refractivity contribution in [3.05, 3.63) is 0 Å². The minimum Gasteiger partial charge on any atom is -0.396 e. The number of hydrogen-bond acceptors (Lipinski definition) is 3. The monoisotopic (exact) mass is 266 g/mol. The molecule has 2 aliphatic rings. The van der Waals surface area contributed by atoms with Crippen LogP contribution in [0.4, 0.5) is 13.2 Å². The van der Waals surface area contributed by atoms with Crippen molar-refractivity contribution in [2.45, 2.75) is 37.5 Å². The highest BCUT2D eigenvalue weighted by atomic mass is 19.4. The molecule has 3 unspecified atom stereocenters. The largest absolute Gasteiger partial charge is 0.408 e. The van der Waals surface area contributed by atoms with Crippen molar-refractivity contribution in [1.29, 1.82) is 0 Å². The van der Waals surface area contributed by atoms with Crippen molar-refractivity contribution in [2.75, 3.05) is 19.7 Å². The second-order valence-corrected chi connectivity index (χ2v) is 5.09. The maximum Gasteiger partial charge on any atom is 0.408 e. The molecule has 18 heavy (non-hydrogen) atoms. The number of likely N-dealkylation sites (tertiary alicyclic amines) is 1. The molecule has 2 heterocycles. The van der Waals surface area contributed by atoms with E-state index in [1.165, 1.54) is 0 Å². The van der Waals surface area contributed by atoms with E-state index in [1.807, 2.05) is 10.2 Å². The molecule has 0 aromatic rings. The molecule has 1 amide bonds. The van der Waals surface area contributed by atoms with Crippen LogP contribution < -0.4 is 5.32 Å². The number of piperidine rings is 1. The van der Waals surface area contributed by atoms with Gasteiger partial charge in [0.1, 0.15) is 6.04 Å². The number of alkyl halides is 3. The van der Waals surface area contributed by atoms with Gasteiger partial charge in [-0.3, -0.25) is 9.69 Å². The highest BCUT2D eigenvalue weighted by Gasteiger charge is 2.46. The highest BCUT2D eigenvalue weighted by Crippen LogP contribution is 2.30. The Morgan fingerprint density at radius 3 is 2.72 bits per heavy atom. The third kappa shape index (κ3) is 2.95. The van der Waals surface area contributed by atoms with Gasteiger partial charge in [0.2, 0.25) is 5.91 Å². The summed E-state index contributed by atoms with van der Waals surface area (Å²) in [7, 11) is 0. The van der Waals surface area contributed by atoms with Gasteiger partial charge in [-0.05, 0) is 25.3 Å². The standard InChI is InChI=1S/C11H17F3N2O2/c12-11(13,14)9-3-8(4-10(18)15-9)16-2-1-7(5-16)6-17/h7-9,17H,1-6H2,(H,15,18). The lowest BCUT2D eigenvalue weighted by molar-refractivity contribution is -0.171. The first kappa shape index (κ1) is 13.6. The molecule has 0 aromatic heterocycles. The molecule has 2 rings (SSSR count). The number of aliphatic hydroxyl groups is 1. The summed E-state index contributed by atoms with van der Waals surface area (Å²) < 4.78 is 37.9. The van der Waals surface area contributed by atoms with Crippen LogP contribution in [-0.2, 0) is 4.79 Å². The summed E-state index contributed by atoms with van der Waals surface area (Å²) in [5.74, 6) is -0.416. The van der Waals surface area contributed by atoms with E-state index >= 15 is 0 Å². The lowest BCUT2D eigenvalue weighted by Gasteiger charge is -2.36. The van der Waals surface area contributed by atoms with Crippen LogP contribution in [0.5, 0.6) is 0 Å². The van der Waals surface area contributed by atoms with E-state index in [1.54, 1.807) is 0 Å². The third-order valence-corrected chi connectivity index (χ3v) is 3.75. The maximum atomic E-state index is 12.6. The zero-order valence-electron chi connectivity index (χ0n) is 9.91. The molecule has 0 bridgehead atoms. The van der Waals surface area contributed by atoms with Gasteiger partial charge < -0.3 is 10.4 Å². The predicted octanol–water partition coefficient (Wildman–Crippen LogP) is 0.510. The zero-order valence-corrected chi connectivity index (χ0v) is 9.91. The lowest BCUT2D eigenvalue weighted by Crippen LogP contribution is -2.55. The van der Waals surface area contributed by atoms with Gasteiger partial charge in [0.25, 0.3) is 0 Å². The van der Waals surface area contributed by atoms with E-state index in [9.17, 15) is 18.0 Å². The van der Waals surface area contributed by atoms with E-state index in [4.69, 9.17) is 5.11 Å². The number of nitrogens with zero attached hydrogens (tertiary/aromatic N) is 1. The molecule has 0 aliphatic carbocycles. The predicted molar refractivity (Wildman–Crippen MR) is 57.8 cm³/mol. The molecular weight excluding hydrogens is 249 g/mol. The minimum absolute atomic E-state index is 0.0537. The Bertz CT molecular complexity index is 322. The van der Waals surface area contributed by atoms with Gasteiger partial charge in [-0.1, -0.05) is 0 Å². The number of nitrogens with one attached hydrogen (secondary N) is 1. The summed E-state index contributed by atoms with van der Waals surface area (Å²) in [4.78, 5) is 13.3. The van der Waals surface area contributed by atoms with E-state index in [0.29, 0.717) is 13.1 Å². The first-order valence-corrected chi connectivity index (χ1v) is 6.11. The average Bonchev–Trinajstić information content (AvgIpc) is 2.75. The number of amides is 1. The van der Waals surface area contributed by atoms with Gasteiger partial charge in [-0.25, -0.2) is 0 Å². The molecule has 4 nitrogen and oxygen atoms in total. The van der Waals surface area contributed by atoms with Crippen molar-refractivity contribution >= 4 is 5.91 Å². The second-order valence-electron chi connectivity index (χ2n) is 5.09. The summed E-state index contributed by atoms with van der Waals surface area (Å²) in [5.41, 5.74) is 0. The van der Waals surface area contributed by atoms with E-state index in [2.05, 4.69) is 0 Å². The Kier molecular flexibility index (Phi) is 3.82. The Morgan fingerprint density at radius 2 is 2.17 bits per heavy atom. The zero-order chi connectivity index (χ0) is 13.3. The van der Waals surface area contributed by atoms with Crippen LogP contribution >= 0.6 is 0 Å². The minimum atomic E-state index is -4.38. The van der Waals surface area contributed by atoms with Crippen LogP contribution in [0.3, 0.4) is 0 Å². The molecule has 0 saturated carbocycles. The topological polar surface area (TPSA) is 52.6 Å².